The number of ether oxygens (including phenoxy) is 2. The van der Waals surface area contributed by atoms with Crippen LogP contribution < -0.4 is 10.1 Å². The molecule has 2 unspecified atom stereocenters. The van der Waals surface area contributed by atoms with Crippen LogP contribution in [0.1, 0.15) is 30.2 Å². The van der Waals surface area contributed by atoms with E-state index in [1.165, 1.54) is 11.1 Å². The van der Waals surface area contributed by atoms with Crippen LogP contribution in [0.4, 0.5) is 0 Å². The number of nitrogens with one attached hydrogen (secondary N) is 1. The van der Waals surface area contributed by atoms with Crippen LogP contribution in [-0.4, -0.2) is 20.8 Å². The smallest absolute Gasteiger partial charge is 0.118 e. The molecule has 0 aromatic heterocycles. The van der Waals surface area contributed by atoms with Crippen molar-refractivity contribution in [1.29, 1.82) is 0 Å². The van der Waals surface area contributed by atoms with Gasteiger partial charge in [0, 0.05) is 7.11 Å². The molecule has 112 valence electrons. The summed E-state index contributed by atoms with van der Waals surface area (Å²) in [5.74, 6) is 0.864. The molecule has 0 aliphatic carbocycles. The third kappa shape index (κ3) is 3.84. The highest BCUT2D eigenvalue weighted by molar-refractivity contribution is 5.31. The summed E-state index contributed by atoms with van der Waals surface area (Å²) in [5.41, 5.74) is 2.36. The first-order valence-corrected chi connectivity index (χ1v) is 7.25. The van der Waals surface area contributed by atoms with E-state index in [1.807, 2.05) is 30.3 Å². The molecule has 21 heavy (non-hydrogen) atoms. The fraction of sp³-hybridized carbons (Fsp3) is 0.333. The summed E-state index contributed by atoms with van der Waals surface area (Å²) in [6, 6.07) is 18.5. The molecular formula is C18H23NO2. The van der Waals surface area contributed by atoms with E-state index in [4.69, 9.17) is 9.47 Å². The summed E-state index contributed by atoms with van der Waals surface area (Å²) >= 11 is 0. The monoisotopic (exact) mass is 285 g/mol. The van der Waals surface area contributed by atoms with Crippen molar-refractivity contribution in [2.75, 3.05) is 20.8 Å². The molecule has 2 aromatic rings. The summed E-state index contributed by atoms with van der Waals surface area (Å²) in [6.07, 6.45) is -0.0282. The van der Waals surface area contributed by atoms with Gasteiger partial charge in [-0.3, -0.25) is 0 Å². The molecule has 0 aliphatic heterocycles. The molecule has 3 nitrogen and oxygen atoms in total. The molecule has 0 aliphatic rings. The fourth-order valence-electron chi connectivity index (χ4n) is 2.54. The van der Waals surface area contributed by atoms with Gasteiger partial charge in [0.15, 0.2) is 0 Å². The quantitative estimate of drug-likeness (QED) is 0.840. The van der Waals surface area contributed by atoms with Gasteiger partial charge < -0.3 is 14.8 Å². The first-order valence-electron chi connectivity index (χ1n) is 7.25. The van der Waals surface area contributed by atoms with Gasteiger partial charge in [-0.2, -0.15) is 0 Å². The van der Waals surface area contributed by atoms with Gasteiger partial charge in [-0.05, 0) is 29.8 Å². The third-order valence-electron chi connectivity index (χ3n) is 3.58. The predicted octanol–water partition coefficient (Wildman–Crippen LogP) is 3.73. The minimum atomic E-state index is -0.0282. The van der Waals surface area contributed by atoms with Crippen LogP contribution in [0.15, 0.2) is 54.6 Å². The maximum absolute atomic E-state index is 5.77. The van der Waals surface area contributed by atoms with Gasteiger partial charge in [-0.25, -0.2) is 0 Å². The molecule has 0 amide bonds. The molecule has 2 aromatic carbocycles. The summed E-state index contributed by atoms with van der Waals surface area (Å²) in [7, 11) is 3.43. The number of likely N-dealkylation sites (N-methyl/N-ethyl adjacent to an activating group) is 1. The summed E-state index contributed by atoms with van der Waals surface area (Å²) < 4.78 is 11.0. The lowest BCUT2D eigenvalue weighted by Gasteiger charge is -2.27. The van der Waals surface area contributed by atoms with Crippen LogP contribution >= 0.6 is 0 Å². The average Bonchev–Trinajstić information content (AvgIpc) is 2.56. The van der Waals surface area contributed by atoms with Crippen molar-refractivity contribution < 1.29 is 9.47 Å². The van der Waals surface area contributed by atoms with Crippen LogP contribution in [0.5, 0.6) is 5.75 Å². The average molecular weight is 285 g/mol. The Morgan fingerprint density at radius 2 is 1.57 bits per heavy atom. The largest absolute Gasteiger partial charge is 0.497 e. The first-order chi connectivity index (χ1) is 10.3. The van der Waals surface area contributed by atoms with E-state index in [2.05, 4.69) is 36.5 Å². The Balaban J connectivity index is 2.31. The van der Waals surface area contributed by atoms with Gasteiger partial charge in [0.2, 0.25) is 0 Å². The van der Waals surface area contributed by atoms with Gasteiger partial charge in [-0.15, -0.1) is 0 Å². The number of rotatable bonds is 7. The fourth-order valence-corrected chi connectivity index (χ4v) is 2.54. The molecule has 0 radical (unpaired) electrons. The van der Waals surface area contributed by atoms with Gasteiger partial charge in [-0.1, -0.05) is 49.4 Å². The standard InChI is InChI=1S/C18H23NO2/c1-4-19-17(14-10-12-16(20-2)13-11-14)18(21-3)15-8-6-5-7-9-15/h5-13,17-19H,4H2,1-3H3. The molecule has 2 atom stereocenters. The molecule has 0 saturated heterocycles. The van der Waals surface area contributed by atoms with Crippen LogP contribution in [-0.2, 0) is 4.74 Å². The molecule has 0 fully saturated rings. The highest BCUT2D eigenvalue weighted by Gasteiger charge is 2.23. The predicted molar refractivity (Wildman–Crippen MR) is 85.6 cm³/mol. The van der Waals surface area contributed by atoms with Crippen LogP contribution in [0.25, 0.3) is 0 Å². The highest BCUT2D eigenvalue weighted by atomic mass is 16.5. The van der Waals surface area contributed by atoms with Crippen molar-refractivity contribution in [3.63, 3.8) is 0 Å². The van der Waals surface area contributed by atoms with Crippen LogP contribution in [0.3, 0.4) is 0 Å². The molecule has 1 N–H and O–H groups in total. The molecule has 3 heteroatoms. The summed E-state index contributed by atoms with van der Waals surface area (Å²) in [6.45, 7) is 2.98. The Hall–Kier alpha value is -1.84. The molecule has 0 spiro atoms. The number of benzene rings is 2. The van der Waals surface area contributed by atoms with E-state index in [9.17, 15) is 0 Å². The van der Waals surface area contributed by atoms with Gasteiger partial charge >= 0.3 is 0 Å². The van der Waals surface area contributed by atoms with Crippen molar-refractivity contribution in [2.45, 2.75) is 19.1 Å². The Labute approximate surface area is 126 Å². The molecule has 0 bridgehead atoms. The lowest BCUT2D eigenvalue weighted by Crippen LogP contribution is -2.28. The maximum atomic E-state index is 5.77. The van der Waals surface area contributed by atoms with Crippen molar-refractivity contribution >= 4 is 0 Å². The second kappa shape index (κ2) is 7.81. The second-order valence-corrected chi connectivity index (χ2v) is 4.88. The van der Waals surface area contributed by atoms with E-state index in [0.717, 1.165) is 12.3 Å². The van der Waals surface area contributed by atoms with E-state index in [-0.39, 0.29) is 12.1 Å². The summed E-state index contributed by atoms with van der Waals surface area (Å²) in [4.78, 5) is 0. The minimum Gasteiger partial charge on any atom is -0.497 e. The van der Waals surface area contributed by atoms with Crippen molar-refractivity contribution in [1.82, 2.24) is 5.32 Å². The molecule has 2 rings (SSSR count). The Morgan fingerprint density at radius 3 is 2.10 bits per heavy atom. The van der Waals surface area contributed by atoms with E-state index >= 15 is 0 Å². The van der Waals surface area contributed by atoms with Crippen LogP contribution in [0.2, 0.25) is 0 Å². The number of hydrogen-bond donors (Lipinski definition) is 1. The lowest BCUT2D eigenvalue weighted by atomic mass is 9.95. The zero-order chi connectivity index (χ0) is 15.1. The normalized spacial score (nSPS) is 13.7. The Morgan fingerprint density at radius 1 is 0.905 bits per heavy atom. The SMILES string of the molecule is CCNC(c1ccc(OC)cc1)C(OC)c1ccccc1. The van der Waals surface area contributed by atoms with Gasteiger partial charge in [0.25, 0.3) is 0 Å². The lowest BCUT2D eigenvalue weighted by molar-refractivity contribution is 0.0681. The van der Waals surface area contributed by atoms with E-state index in [1.54, 1.807) is 14.2 Å². The molecule has 0 saturated carbocycles. The minimum absolute atomic E-state index is 0.0282. The van der Waals surface area contributed by atoms with E-state index in [0.29, 0.717) is 0 Å². The zero-order valence-corrected chi connectivity index (χ0v) is 12.9. The topological polar surface area (TPSA) is 30.5 Å². The van der Waals surface area contributed by atoms with Gasteiger partial charge in [0.1, 0.15) is 11.9 Å². The van der Waals surface area contributed by atoms with Gasteiger partial charge in [0.05, 0.1) is 13.2 Å². The van der Waals surface area contributed by atoms with Crippen LogP contribution in [0, 0.1) is 0 Å². The maximum Gasteiger partial charge on any atom is 0.118 e. The van der Waals surface area contributed by atoms with Crippen molar-refractivity contribution in [3.8, 4) is 5.75 Å². The number of methoxy groups -OCH3 is 2. The highest BCUT2D eigenvalue weighted by Crippen LogP contribution is 2.32. The number of hydrogen-bond acceptors (Lipinski definition) is 3. The third-order valence-corrected chi connectivity index (χ3v) is 3.58. The first kappa shape index (κ1) is 15.5. The summed E-state index contributed by atoms with van der Waals surface area (Å²) in [5, 5.41) is 3.52. The second-order valence-electron chi connectivity index (χ2n) is 4.88. The Kier molecular flexibility index (Phi) is 5.78. The van der Waals surface area contributed by atoms with E-state index < -0.39 is 0 Å². The van der Waals surface area contributed by atoms with Crippen molar-refractivity contribution in [2.24, 2.45) is 0 Å². The van der Waals surface area contributed by atoms with Crippen molar-refractivity contribution in [3.05, 3.63) is 65.7 Å². The zero-order valence-electron chi connectivity index (χ0n) is 12.9. The molecular weight excluding hydrogens is 262 g/mol. The molecule has 0 heterocycles. The Bertz CT molecular complexity index is 525.